The van der Waals surface area contributed by atoms with Crippen molar-refractivity contribution in [3.05, 3.63) is 22.7 Å². The molecule has 4 nitrogen and oxygen atoms in total. The van der Waals surface area contributed by atoms with Gasteiger partial charge in [-0.15, -0.1) is 0 Å². The monoisotopic (exact) mass is 202 g/mol. The maximum atomic E-state index is 10.5. The number of ether oxygens (including phenoxy) is 1. The van der Waals surface area contributed by atoms with Gasteiger partial charge in [0.05, 0.1) is 12.1 Å². The zero-order valence-electron chi connectivity index (χ0n) is 6.74. The van der Waals surface area contributed by atoms with Crippen LogP contribution in [0.5, 0.6) is 11.5 Å². The second-order valence-electron chi connectivity index (χ2n) is 2.31. The van der Waals surface area contributed by atoms with Gasteiger partial charge >= 0.3 is 5.97 Å². The average Bonchev–Trinajstić information content (AvgIpc) is 2.03. The molecule has 0 saturated carbocycles. The number of aromatic carboxylic acids is 1. The second kappa shape index (κ2) is 3.53. The van der Waals surface area contributed by atoms with E-state index < -0.39 is 5.97 Å². The van der Waals surface area contributed by atoms with E-state index in [0.717, 1.165) is 6.07 Å². The molecular formula is C8H7ClO4. The van der Waals surface area contributed by atoms with Crippen molar-refractivity contribution in [2.45, 2.75) is 0 Å². The number of carboxylic acids is 1. The smallest absolute Gasteiger partial charge is 0.339 e. The first kappa shape index (κ1) is 9.67. The Kier molecular flexibility index (Phi) is 2.63. The van der Waals surface area contributed by atoms with Gasteiger partial charge in [0, 0.05) is 6.07 Å². The molecule has 0 radical (unpaired) electrons. The molecule has 0 heterocycles. The van der Waals surface area contributed by atoms with Gasteiger partial charge < -0.3 is 14.9 Å². The highest BCUT2D eigenvalue weighted by atomic mass is 35.5. The number of phenols is 1. The molecule has 1 aromatic carbocycles. The number of carbonyl (C=O) groups is 1. The van der Waals surface area contributed by atoms with Crippen LogP contribution in [0.1, 0.15) is 10.4 Å². The number of methoxy groups -OCH3 is 1. The number of carboxylic acid groups (broad SMARTS) is 1. The van der Waals surface area contributed by atoms with Gasteiger partial charge in [-0.1, -0.05) is 11.6 Å². The molecule has 2 N–H and O–H groups in total. The van der Waals surface area contributed by atoms with Crippen molar-refractivity contribution in [1.29, 1.82) is 0 Å². The van der Waals surface area contributed by atoms with E-state index in [0.29, 0.717) is 0 Å². The fourth-order valence-corrected chi connectivity index (χ4v) is 1.11. The summed E-state index contributed by atoms with van der Waals surface area (Å²) in [7, 11) is 1.36. The third kappa shape index (κ3) is 1.84. The van der Waals surface area contributed by atoms with Gasteiger partial charge in [-0.2, -0.15) is 0 Å². The Balaban J connectivity index is 3.30. The summed E-state index contributed by atoms with van der Waals surface area (Å²) in [5.74, 6) is -1.39. The standard InChI is InChI=1S/C8H7ClO4/c1-13-7-2-4(8(11)12)6(10)3-5(7)9/h2-3,10H,1H3,(H,11,12). The summed E-state index contributed by atoms with van der Waals surface area (Å²) < 4.78 is 4.78. The molecule has 13 heavy (non-hydrogen) atoms. The molecule has 0 unspecified atom stereocenters. The van der Waals surface area contributed by atoms with E-state index in [9.17, 15) is 4.79 Å². The summed E-state index contributed by atoms with van der Waals surface area (Å²) in [6.45, 7) is 0. The molecule has 0 bridgehead atoms. The van der Waals surface area contributed by atoms with Gasteiger partial charge in [0.15, 0.2) is 0 Å². The first-order chi connectivity index (χ1) is 6.06. The lowest BCUT2D eigenvalue weighted by atomic mass is 10.2. The molecule has 1 rings (SSSR count). The predicted octanol–water partition coefficient (Wildman–Crippen LogP) is 1.75. The molecule has 5 heteroatoms. The lowest BCUT2D eigenvalue weighted by Crippen LogP contribution is -1.97. The molecule has 0 aromatic heterocycles. The fraction of sp³-hybridized carbons (Fsp3) is 0.125. The Bertz CT molecular complexity index is 348. The third-order valence-corrected chi connectivity index (χ3v) is 1.80. The largest absolute Gasteiger partial charge is 0.507 e. The molecule has 0 amide bonds. The van der Waals surface area contributed by atoms with Gasteiger partial charge in [0.1, 0.15) is 17.1 Å². The first-order valence-corrected chi connectivity index (χ1v) is 3.74. The van der Waals surface area contributed by atoms with Crippen LogP contribution in [-0.2, 0) is 0 Å². The van der Waals surface area contributed by atoms with Gasteiger partial charge in [-0.05, 0) is 6.07 Å². The van der Waals surface area contributed by atoms with E-state index in [-0.39, 0.29) is 22.1 Å². The molecule has 0 saturated heterocycles. The number of hydrogen-bond donors (Lipinski definition) is 2. The minimum atomic E-state index is -1.23. The van der Waals surface area contributed by atoms with Gasteiger partial charge in [-0.25, -0.2) is 4.79 Å². The number of hydrogen-bond acceptors (Lipinski definition) is 3. The molecular weight excluding hydrogens is 196 g/mol. The summed E-state index contributed by atoms with van der Waals surface area (Å²) in [5, 5.41) is 18.0. The molecule has 0 aliphatic rings. The lowest BCUT2D eigenvalue weighted by Gasteiger charge is -2.05. The van der Waals surface area contributed by atoms with Crippen molar-refractivity contribution < 1.29 is 19.7 Å². The Morgan fingerprint density at radius 3 is 2.62 bits per heavy atom. The highest BCUT2D eigenvalue weighted by Crippen LogP contribution is 2.31. The number of rotatable bonds is 2. The van der Waals surface area contributed by atoms with Crippen LogP contribution >= 0.6 is 11.6 Å². The molecule has 0 spiro atoms. The zero-order valence-corrected chi connectivity index (χ0v) is 7.50. The van der Waals surface area contributed by atoms with Crippen molar-refractivity contribution in [2.24, 2.45) is 0 Å². The average molecular weight is 203 g/mol. The van der Waals surface area contributed by atoms with Crippen LogP contribution in [0.4, 0.5) is 0 Å². The van der Waals surface area contributed by atoms with Crippen LogP contribution in [0.15, 0.2) is 12.1 Å². The van der Waals surface area contributed by atoms with Crippen LogP contribution in [0, 0.1) is 0 Å². The quantitative estimate of drug-likeness (QED) is 0.767. The van der Waals surface area contributed by atoms with Crippen molar-refractivity contribution in [3.8, 4) is 11.5 Å². The van der Waals surface area contributed by atoms with E-state index in [2.05, 4.69) is 0 Å². The normalized spacial score (nSPS) is 9.69. The van der Waals surface area contributed by atoms with Gasteiger partial charge in [0.25, 0.3) is 0 Å². The van der Waals surface area contributed by atoms with Crippen LogP contribution in [0.3, 0.4) is 0 Å². The van der Waals surface area contributed by atoms with Crippen LogP contribution in [0.2, 0.25) is 5.02 Å². The molecule has 70 valence electrons. The van der Waals surface area contributed by atoms with Crippen LogP contribution < -0.4 is 4.74 Å². The van der Waals surface area contributed by atoms with Crippen molar-refractivity contribution in [3.63, 3.8) is 0 Å². The van der Waals surface area contributed by atoms with Crippen LogP contribution in [-0.4, -0.2) is 23.3 Å². The number of benzene rings is 1. The van der Waals surface area contributed by atoms with E-state index in [1.165, 1.54) is 13.2 Å². The SMILES string of the molecule is COc1cc(C(=O)O)c(O)cc1Cl. The fourth-order valence-electron chi connectivity index (χ4n) is 0.871. The molecule has 0 atom stereocenters. The first-order valence-electron chi connectivity index (χ1n) is 3.36. The topological polar surface area (TPSA) is 66.8 Å². The summed E-state index contributed by atoms with van der Waals surface area (Å²) in [6.07, 6.45) is 0. The van der Waals surface area contributed by atoms with Gasteiger partial charge in [-0.3, -0.25) is 0 Å². The predicted molar refractivity (Wildman–Crippen MR) is 46.6 cm³/mol. The Labute approximate surface area is 79.3 Å². The maximum Gasteiger partial charge on any atom is 0.339 e. The van der Waals surface area contributed by atoms with Crippen LogP contribution in [0.25, 0.3) is 0 Å². The Hall–Kier alpha value is -1.42. The molecule has 0 aliphatic heterocycles. The van der Waals surface area contributed by atoms with E-state index >= 15 is 0 Å². The maximum absolute atomic E-state index is 10.5. The third-order valence-electron chi connectivity index (χ3n) is 1.50. The summed E-state index contributed by atoms with van der Waals surface area (Å²) >= 11 is 5.63. The summed E-state index contributed by atoms with van der Waals surface area (Å²) in [6, 6.07) is 2.30. The second-order valence-corrected chi connectivity index (χ2v) is 2.72. The molecule has 1 aromatic rings. The van der Waals surface area contributed by atoms with E-state index in [1.807, 2.05) is 0 Å². The molecule has 0 aliphatic carbocycles. The molecule has 0 fully saturated rings. The minimum Gasteiger partial charge on any atom is -0.507 e. The highest BCUT2D eigenvalue weighted by molar-refractivity contribution is 6.32. The summed E-state index contributed by atoms with van der Waals surface area (Å²) in [4.78, 5) is 10.5. The number of halogens is 1. The Morgan fingerprint density at radius 2 is 2.15 bits per heavy atom. The summed E-state index contributed by atoms with van der Waals surface area (Å²) in [5.41, 5.74) is -0.235. The van der Waals surface area contributed by atoms with Crippen molar-refractivity contribution in [1.82, 2.24) is 0 Å². The van der Waals surface area contributed by atoms with E-state index in [1.54, 1.807) is 0 Å². The van der Waals surface area contributed by atoms with Crippen molar-refractivity contribution >= 4 is 17.6 Å². The lowest BCUT2D eigenvalue weighted by molar-refractivity contribution is 0.0693. The van der Waals surface area contributed by atoms with E-state index in [4.69, 9.17) is 26.6 Å². The number of aromatic hydroxyl groups is 1. The highest BCUT2D eigenvalue weighted by Gasteiger charge is 2.13. The Morgan fingerprint density at radius 1 is 1.54 bits per heavy atom. The van der Waals surface area contributed by atoms with Crippen molar-refractivity contribution in [2.75, 3.05) is 7.11 Å². The minimum absolute atomic E-state index is 0.171. The van der Waals surface area contributed by atoms with Gasteiger partial charge in [0.2, 0.25) is 0 Å². The zero-order chi connectivity index (χ0) is 10.0.